The van der Waals surface area contributed by atoms with Gasteiger partial charge in [-0.1, -0.05) is 31.5 Å². The Kier molecular flexibility index (Phi) is 1.76. The molecule has 3 rings (SSSR count). The lowest BCUT2D eigenvalue weighted by atomic mass is 9.93. The minimum atomic E-state index is -0.596. The average Bonchev–Trinajstić information content (AvgIpc) is 2.98. The van der Waals surface area contributed by atoms with Crippen LogP contribution in [0.1, 0.15) is 25.3 Å². The number of nitrogens with zero attached hydrogens (tertiary/aromatic N) is 2. The molecule has 1 unspecified atom stereocenters. The van der Waals surface area contributed by atoms with Crippen LogP contribution in [0.15, 0.2) is 29.3 Å². The van der Waals surface area contributed by atoms with Crippen molar-refractivity contribution >= 4 is 17.3 Å². The quantitative estimate of drug-likeness (QED) is 0.742. The number of fused-ring (bicyclic) bond motifs is 2. The van der Waals surface area contributed by atoms with Gasteiger partial charge in [-0.15, -0.1) is 0 Å². The summed E-state index contributed by atoms with van der Waals surface area (Å²) in [5.74, 6) is 0.108. The van der Waals surface area contributed by atoms with Gasteiger partial charge >= 0.3 is 0 Å². The van der Waals surface area contributed by atoms with Gasteiger partial charge < -0.3 is 4.90 Å². The largest absolute Gasteiger partial charge is 0.312 e. The third kappa shape index (κ3) is 0.932. The van der Waals surface area contributed by atoms with Crippen molar-refractivity contribution in [2.75, 3.05) is 11.9 Å². The molecule has 0 aromatic heterocycles. The second-order valence-corrected chi connectivity index (χ2v) is 4.40. The summed E-state index contributed by atoms with van der Waals surface area (Å²) in [6, 6.07) is 7.94. The fourth-order valence-electron chi connectivity index (χ4n) is 2.57. The number of hydrogen-bond acceptors (Lipinski definition) is 2. The Morgan fingerprint density at radius 3 is 2.88 bits per heavy atom. The van der Waals surface area contributed by atoms with Crippen LogP contribution in [0.3, 0.4) is 0 Å². The number of para-hydroxylation sites is 1. The van der Waals surface area contributed by atoms with Gasteiger partial charge in [-0.05, 0) is 12.5 Å². The Morgan fingerprint density at radius 1 is 1.38 bits per heavy atom. The summed E-state index contributed by atoms with van der Waals surface area (Å²) >= 11 is 0. The van der Waals surface area contributed by atoms with Gasteiger partial charge in [0.25, 0.3) is 5.91 Å². The number of hydrogen-bond donors (Lipinski definition) is 0. The van der Waals surface area contributed by atoms with Gasteiger partial charge in [-0.25, -0.2) is 0 Å². The molecule has 0 radical (unpaired) electrons. The first-order chi connectivity index (χ1) is 7.71. The van der Waals surface area contributed by atoms with Crippen LogP contribution in [0, 0.1) is 0 Å². The zero-order valence-corrected chi connectivity index (χ0v) is 9.53. The molecule has 1 aromatic carbocycles. The Balaban J connectivity index is 2.07. The van der Waals surface area contributed by atoms with E-state index in [1.807, 2.05) is 31.3 Å². The first kappa shape index (κ1) is 9.58. The topological polar surface area (TPSA) is 32.7 Å². The summed E-state index contributed by atoms with van der Waals surface area (Å²) in [4.78, 5) is 18.4. The smallest absolute Gasteiger partial charge is 0.265 e. The molecule has 0 N–H and O–H groups in total. The van der Waals surface area contributed by atoms with E-state index in [1.54, 1.807) is 4.90 Å². The molecular formula is C13H14N2O. The Morgan fingerprint density at radius 2 is 2.12 bits per heavy atom. The van der Waals surface area contributed by atoms with E-state index >= 15 is 0 Å². The Hall–Kier alpha value is -1.64. The molecule has 3 heteroatoms. The molecule has 0 saturated carbocycles. The number of amides is 1. The molecule has 0 aliphatic carbocycles. The third-order valence-corrected chi connectivity index (χ3v) is 3.43. The first-order valence-electron chi connectivity index (χ1n) is 5.68. The van der Waals surface area contributed by atoms with E-state index in [-0.39, 0.29) is 5.91 Å². The van der Waals surface area contributed by atoms with E-state index in [4.69, 9.17) is 0 Å². The molecule has 82 valence electrons. The van der Waals surface area contributed by atoms with Crippen LogP contribution in [-0.2, 0) is 10.3 Å². The predicted molar refractivity (Wildman–Crippen MR) is 63.9 cm³/mol. The van der Waals surface area contributed by atoms with Crippen LogP contribution in [0.2, 0.25) is 0 Å². The van der Waals surface area contributed by atoms with Crippen LogP contribution < -0.4 is 4.90 Å². The van der Waals surface area contributed by atoms with Crippen LogP contribution in [0.4, 0.5) is 5.69 Å². The van der Waals surface area contributed by atoms with Gasteiger partial charge in [0.05, 0.1) is 5.71 Å². The number of rotatable bonds is 2. The molecule has 2 aliphatic heterocycles. The maximum absolute atomic E-state index is 12.2. The molecule has 2 heterocycles. The van der Waals surface area contributed by atoms with Crippen molar-refractivity contribution in [3.05, 3.63) is 29.8 Å². The monoisotopic (exact) mass is 214 g/mol. The summed E-state index contributed by atoms with van der Waals surface area (Å²) < 4.78 is 0. The molecule has 0 saturated heterocycles. The van der Waals surface area contributed by atoms with Gasteiger partial charge in [-0.2, -0.15) is 0 Å². The number of aliphatic imine (C=N–C) groups is 1. The minimum absolute atomic E-state index is 0.108. The number of carbonyl (C=O) groups excluding carboxylic acids is 1. The second kappa shape index (κ2) is 2.94. The fourth-order valence-corrected chi connectivity index (χ4v) is 2.57. The van der Waals surface area contributed by atoms with E-state index in [9.17, 15) is 4.79 Å². The predicted octanol–water partition coefficient (Wildman–Crippen LogP) is 2.11. The highest BCUT2D eigenvalue weighted by atomic mass is 16.2. The van der Waals surface area contributed by atoms with Gasteiger partial charge in [0.1, 0.15) is 0 Å². The summed E-state index contributed by atoms with van der Waals surface area (Å²) in [5.41, 5.74) is 2.52. The lowest BCUT2D eigenvalue weighted by Crippen LogP contribution is -2.32. The van der Waals surface area contributed by atoms with Crippen molar-refractivity contribution < 1.29 is 4.79 Å². The van der Waals surface area contributed by atoms with Crippen LogP contribution in [0.5, 0.6) is 0 Å². The van der Waals surface area contributed by atoms with Crippen molar-refractivity contribution in [2.24, 2.45) is 4.99 Å². The Labute approximate surface area is 94.8 Å². The lowest BCUT2D eigenvalue weighted by molar-refractivity contribution is -0.119. The van der Waals surface area contributed by atoms with Gasteiger partial charge in [0.2, 0.25) is 5.54 Å². The minimum Gasteiger partial charge on any atom is -0.312 e. The molecule has 1 amide bonds. The number of benzene rings is 1. The lowest BCUT2D eigenvalue weighted by Gasteiger charge is -2.09. The summed E-state index contributed by atoms with van der Waals surface area (Å²) in [6.07, 6.45) is 1.97. The molecule has 2 aliphatic rings. The van der Waals surface area contributed by atoms with Crippen LogP contribution in [-0.4, -0.2) is 18.7 Å². The second-order valence-electron chi connectivity index (χ2n) is 4.40. The van der Waals surface area contributed by atoms with E-state index < -0.39 is 5.54 Å². The Bertz CT molecular complexity index is 506. The zero-order chi connectivity index (χ0) is 11.3. The van der Waals surface area contributed by atoms with E-state index in [1.165, 1.54) is 0 Å². The van der Waals surface area contributed by atoms with Crippen molar-refractivity contribution in [3.63, 3.8) is 0 Å². The first-order valence-corrected chi connectivity index (χ1v) is 5.68. The number of anilines is 1. The van der Waals surface area contributed by atoms with Gasteiger partial charge in [-0.3, -0.25) is 9.79 Å². The highest BCUT2D eigenvalue weighted by Gasteiger charge is 2.61. The molecule has 16 heavy (non-hydrogen) atoms. The average molecular weight is 214 g/mol. The number of likely N-dealkylation sites (N-methyl/N-ethyl adjacent to an activating group) is 1. The molecular weight excluding hydrogens is 200 g/mol. The molecule has 1 aromatic rings. The maximum atomic E-state index is 12.2. The van der Waals surface area contributed by atoms with E-state index in [0.29, 0.717) is 0 Å². The fraction of sp³-hybridized carbons (Fsp3) is 0.385. The third-order valence-electron chi connectivity index (χ3n) is 3.43. The summed E-state index contributed by atoms with van der Waals surface area (Å²) in [7, 11) is 1.83. The summed E-state index contributed by atoms with van der Waals surface area (Å²) in [6.45, 7) is 2.11. The molecule has 3 nitrogen and oxygen atoms in total. The van der Waals surface area contributed by atoms with Gasteiger partial charge in [0.15, 0.2) is 0 Å². The van der Waals surface area contributed by atoms with Crippen LogP contribution >= 0.6 is 0 Å². The molecule has 0 bridgehead atoms. The van der Waals surface area contributed by atoms with E-state index in [2.05, 4.69) is 11.9 Å². The molecule has 0 fully saturated rings. The number of carbonyl (C=O) groups is 1. The molecule has 1 atom stereocenters. The highest BCUT2D eigenvalue weighted by molar-refractivity contribution is 6.30. The molecule has 1 spiro atoms. The van der Waals surface area contributed by atoms with Crippen molar-refractivity contribution in [1.29, 1.82) is 0 Å². The normalized spacial score (nSPS) is 26.0. The zero-order valence-electron chi connectivity index (χ0n) is 9.53. The van der Waals surface area contributed by atoms with E-state index in [0.717, 1.165) is 29.8 Å². The van der Waals surface area contributed by atoms with Crippen molar-refractivity contribution in [1.82, 2.24) is 0 Å². The standard InChI is InChI=1S/C13H14N2O/c1-3-6-11-13(14-11)9-7-4-5-8-10(9)15(2)12(13)16/h4-5,7-8H,3,6H2,1-2H3. The van der Waals surface area contributed by atoms with Gasteiger partial charge in [0, 0.05) is 18.3 Å². The maximum Gasteiger partial charge on any atom is 0.265 e. The SMILES string of the molecule is CCCC1=NC12C(=O)N(C)c1ccccc12. The van der Waals surface area contributed by atoms with Crippen LogP contribution in [0.25, 0.3) is 0 Å². The van der Waals surface area contributed by atoms with Crippen molar-refractivity contribution in [2.45, 2.75) is 25.3 Å². The highest BCUT2D eigenvalue weighted by Crippen LogP contribution is 2.51. The summed E-state index contributed by atoms with van der Waals surface area (Å²) in [5, 5.41) is 0. The van der Waals surface area contributed by atoms with Crippen molar-refractivity contribution in [3.8, 4) is 0 Å².